The van der Waals surface area contributed by atoms with Crippen molar-refractivity contribution in [1.29, 1.82) is 0 Å². The number of hydrogen-bond acceptors (Lipinski definition) is 2. The van der Waals surface area contributed by atoms with Crippen LogP contribution in [0, 0.1) is 0 Å². The van der Waals surface area contributed by atoms with E-state index in [1.54, 1.807) is 0 Å². The number of allylic oxidation sites excluding steroid dienone is 2. The summed E-state index contributed by atoms with van der Waals surface area (Å²) in [6.07, 6.45) is 3.18. The second kappa shape index (κ2) is 2.52. The Morgan fingerprint density at radius 3 is 2.42 bits per heavy atom. The minimum atomic E-state index is 0.743. The van der Waals surface area contributed by atoms with E-state index in [0.717, 1.165) is 27.8 Å². The van der Waals surface area contributed by atoms with Crippen LogP contribution in [0.2, 0.25) is 0 Å². The van der Waals surface area contributed by atoms with Crippen LogP contribution in [-0.2, 0) is 0 Å². The van der Waals surface area contributed by atoms with Gasteiger partial charge in [0.05, 0.1) is 0 Å². The number of rotatable bonds is 1. The third-order valence-electron chi connectivity index (χ3n) is 1.92. The van der Waals surface area contributed by atoms with Crippen LogP contribution in [0.5, 0.6) is 0 Å². The molecular weight excluding hydrogens is 216 g/mol. The molecule has 0 radical (unpaired) electrons. The molecule has 0 heterocycles. The lowest BCUT2D eigenvalue weighted by molar-refractivity contribution is 1.55. The van der Waals surface area contributed by atoms with Crippen LogP contribution in [0.3, 0.4) is 0 Å². The third kappa shape index (κ3) is 1.20. The maximum Gasteiger partial charge on any atom is 0.0466 e. The first-order valence-electron chi connectivity index (χ1n) is 3.72. The molecule has 1 aliphatic carbocycles. The predicted molar refractivity (Wildman–Crippen MR) is 55.6 cm³/mol. The molecule has 1 aliphatic rings. The van der Waals surface area contributed by atoms with Crippen molar-refractivity contribution in [1.82, 2.24) is 0 Å². The predicted octanol–water partition coefficient (Wildman–Crippen LogP) is 2.40. The van der Waals surface area contributed by atoms with Gasteiger partial charge in [0.25, 0.3) is 0 Å². The van der Waals surface area contributed by atoms with Crippen molar-refractivity contribution in [3.05, 3.63) is 28.2 Å². The summed E-state index contributed by atoms with van der Waals surface area (Å²) >= 11 is 3.33. The molecule has 0 unspecified atom stereocenters. The first kappa shape index (κ1) is 7.68. The Labute approximate surface area is 79.4 Å². The Morgan fingerprint density at radius 2 is 1.83 bits per heavy atom. The lowest BCUT2D eigenvalue weighted by Crippen LogP contribution is -1.94. The second-order valence-corrected chi connectivity index (χ2v) is 3.75. The summed E-state index contributed by atoms with van der Waals surface area (Å²) in [5.41, 5.74) is 15.4. The van der Waals surface area contributed by atoms with E-state index in [0.29, 0.717) is 0 Å². The number of benzene rings is 1. The fraction of sp³-hybridized carbons (Fsp3) is 0.111. The van der Waals surface area contributed by atoms with E-state index < -0.39 is 0 Å². The number of nitrogen functional groups attached to an aromatic ring is 2. The minimum absolute atomic E-state index is 0.743. The summed E-state index contributed by atoms with van der Waals surface area (Å²) in [4.78, 5) is 0. The van der Waals surface area contributed by atoms with E-state index in [2.05, 4.69) is 22.0 Å². The second-order valence-electron chi connectivity index (χ2n) is 2.89. The molecule has 0 bridgehead atoms. The van der Waals surface area contributed by atoms with E-state index in [-0.39, 0.29) is 0 Å². The van der Waals surface area contributed by atoms with Crippen LogP contribution in [0.15, 0.2) is 22.7 Å². The van der Waals surface area contributed by atoms with Crippen LogP contribution in [0.4, 0.5) is 11.4 Å². The van der Waals surface area contributed by atoms with E-state index in [1.165, 1.54) is 5.57 Å². The fourth-order valence-corrected chi connectivity index (χ4v) is 1.52. The third-order valence-corrected chi connectivity index (χ3v) is 2.61. The quantitative estimate of drug-likeness (QED) is 0.721. The highest BCUT2D eigenvalue weighted by Gasteiger charge is 2.14. The fourth-order valence-electron chi connectivity index (χ4n) is 1.15. The van der Waals surface area contributed by atoms with Gasteiger partial charge in [-0.25, -0.2) is 0 Å². The van der Waals surface area contributed by atoms with Crippen molar-refractivity contribution in [3.8, 4) is 0 Å². The molecule has 0 fully saturated rings. The van der Waals surface area contributed by atoms with Crippen LogP contribution < -0.4 is 11.5 Å². The Bertz CT molecular complexity index is 369. The molecule has 2 rings (SSSR count). The van der Waals surface area contributed by atoms with Crippen LogP contribution >= 0.6 is 15.9 Å². The molecule has 0 atom stereocenters. The molecule has 62 valence electrons. The molecule has 0 aliphatic heterocycles. The summed E-state index contributed by atoms with van der Waals surface area (Å²) in [6.45, 7) is 0. The average Bonchev–Trinajstić information content (AvgIpc) is 2.79. The van der Waals surface area contributed by atoms with Crippen LogP contribution in [0.25, 0.3) is 5.57 Å². The van der Waals surface area contributed by atoms with Crippen molar-refractivity contribution in [2.24, 2.45) is 0 Å². The highest BCUT2D eigenvalue weighted by Crippen LogP contribution is 2.37. The zero-order chi connectivity index (χ0) is 8.72. The van der Waals surface area contributed by atoms with Gasteiger partial charge in [0.15, 0.2) is 0 Å². The highest BCUT2D eigenvalue weighted by atomic mass is 79.9. The molecule has 0 saturated carbocycles. The maximum absolute atomic E-state index is 5.80. The molecule has 1 aromatic carbocycles. The molecule has 0 amide bonds. The molecule has 3 heteroatoms. The van der Waals surface area contributed by atoms with Gasteiger partial charge >= 0.3 is 0 Å². The minimum Gasteiger partial charge on any atom is -0.398 e. The van der Waals surface area contributed by atoms with Gasteiger partial charge in [0, 0.05) is 21.4 Å². The first-order chi connectivity index (χ1) is 5.68. The maximum atomic E-state index is 5.80. The summed E-state index contributed by atoms with van der Waals surface area (Å²) < 4.78 is 0.866. The van der Waals surface area contributed by atoms with Crippen LogP contribution in [-0.4, -0.2) is 0 Å². The molecule has 1 aromatic rings. The van der Waals surface area contributed by atoms with Crippen molar-refractivity contribution >= 4 is 32.9 Å². The molecule has 0 spiro atoms. The smallest absolute Gasteiger partial charge is 0.0466 e. The molecule has 12 heavy (non-hydrogen) atoms. The number of hydrogen-bond donors (Lipinski definition) is 2. The van der Waals surface area contributed by atoms with Gasteiger partial charge in [-0.1, -0.05) is 6.08 Å². The van der Waals surface area contributed by atoms with E-state index in [9.17, 15) is 0 Å². The lowest BCUT2D eigenvalue weighted by Gasteiger charge is -2.04. The number of anilines is 2. The monoisotopic (exact) mass is 224 g/mol. The largest absolute Gasteiger partial charge is 0.398 e. The van der Waals surface area contributed by atoms with Gasteiger partial charge < -0.3 is 11.5 Å². The Kier molecular flexibility index (Phi) is 1.61. The summed E-state index contributed by atoms with van der Waals surface area (Å²) in [7, 11) is 0. The molecule has 0 aromatic heterocycles. The number of halogens is 1. The van der Waals surface area contributed by atoms with Crippen molar-refractivity contribution < 1.29 is 0 Å². The van der Waals surface area contributed by atoms with Crippen LogP contribution in [0.1, 0.15) is 12.0 Å². The Morgan fingerprint density at radius 1 is 1.17 bits per heavy atom. The SMILES string of the molecule is Nc1cc(C2=CC2)c(N)cc1Br. The lowest BCUT2D eigenvalue weighted by atomic mass is 10.1. The molecule has 2 nitrogen and oxygen atoms in total. The van der Waals surface area contributed by atoms with Crippen molar-refractivity contribution in [2.75, 3.05) is 11.5 Å². The Hall–Kier alpha value is -0.960. The first-order valence-corrected chi connectivity index (χ1v) is 4.51. The molecular formula is C9H9BrN2. The van der Waals surface area contributed by atoms with Gasteiger partial charge in [0.1, 0.15) is 0 Å². The van der Waals surface area contributed by atoms with Crippen molar-refractivity contribution in [3.63, 3.8) is 0 Å². The Balaban J connectivity index is 2.55. The number of nitrogens with two attached hydrogens (primary N) is 2. The molecule has 0 saturated heterocycles. The normalized spacial score (nSPS) is 14.2. The van der Waals surface area contributed by atoms with E-state index in [4.69, 9.17) is 11.5 Å². The summed E-state index contributed by atoms with van der Waals surface area (Å²) in [5, 5.41) is 0. The zero-order valence-electron chi connectivity index (χ0n) is 6.47. The van der Waals surface area contributed by atoms with Gasteiger partial charge in [-0.3, -0.25) is 0 Å². The molecule has 4 N–H and O–H groups in total. The van der Waals surface area contributed by atoms with Crippen molar-refractivity contribution in [2.45, 2.75) is 6.42 Å². The standard InChI is InChI=1S/C9H9BrN2/c10-7-4-8(11)6(3-9(7)12)5-1-2-5/h1,3-4H,2,11-12H2. The highest BCUT2D eigenvalue weighted by molar-refractivity contribution is 9.10. The summed E-state index contributed by atoms with van der Waals surface area (Å²) in [5.74, 6) is 0. The van der Waals surface area contributed by atoms with E-state index >= 15 is 0 Å². The van der Waals surface area contributed by atoms with E-state index in [1.807, 2.05) is 12.1 Å². The van der Waals surface area contributed by atoms with Gasteiger partial charge in [-0.2, -0.15) is 0 Å². The zero-order valence-corrected chi connectivity index (χ0v) is 8.06. The summed E-state index contributed by atoms with van der Waals surface area (Å²) in [6, 6.07) is 3.77. The topological polar surface area (TPSA) is 52.0 Å². The van der Waals surface area contributed by atoms with Gasteiger partial charge in [-0.15, -0.1) is 0 Å². The van der Waals surface area contributed by atoms with Gasteiger partial charge in [-0.05, 0) is 40.1 Å². The average molecular weight is 225 g/mol. The van der Waals surface area contributed by atoms with Gasteiger partial charge in [0.2, 0.25) is 0 Å².